The van der Waals surface area contributed by atoms with Crippen LogP contribution in [0.15, 0.2) is 0 Å². The molecule has 4 unspecified atom stereocenters. The number of phosphoric acid groups is 2. The van der Waals surface area contributed by atoms with Crippen molar-refractivity contribution in [2.24, 2.45) is 23.7 Å². The average Bonchev–Trinajstić information content (AvgIpc) is 1.98. The third-order valence-corrected chi connectivity index (χ3v) is 19.8. The number of hydrogen-bond acceptors (Lipinski definition) is 15. The van der Waals surface area contributed by atoms with Crippen LogP contribution in [0.1, 0.15) is 383 Å². The molecule has 0 aliphatic heterocycles. The van der Waals surface area contributed by atoms with Gasteiger partial charge in [-0.25, -0.2) is 9.13 Å². The number of phosphoric ester groups is 2. The van der Waals surface area contributed by atoms with Gasteiger partial charge in [0, 0.05) is 25.7 Å². The second-order valence-electron chi connectivity index (χ2n) is 29.1. The lowest BCUT2D eigenvalue weighted by Crippen LogP contribution is -2.30. The molecule has 0 fully saturated rings. The number of unbranched alkanes of at least 4 members (excludes halogenated alkanes) is 38. The summed E-state index contributed by atoms with van der Waals surface area (Å²) in [6.07, 6.45) is 49.9. The number of carbonyl (C=O) groups is 4. The molecule has 0 aliphatic carbocycles. The van der Waals surface area contributed by atoms with Crippen molar-refractivity contribution in [3.05, 3.63) is 0 Å². The minimum absolute atomic E-state index is 0.105. The summed E-state index contributed by atoms with van der Waals surface area (Å²) in [7, 11) is -9.91. The number of ether oxygens (including phenoxy) is 4. The Kier molecular flexibility index (Phi) is 64.0. The molecule has 0 saturated heterocycles. The molecule has 17 nitrogen and oxygen atoms in total. The molecule has 3 N–H and O–H groups in total. The molecule has 0 aliphatic rings. The summed E-state index contributed by atoms with van der Waals surface area (Å²) in [5, 5.41) is 10.6. The fourth-order valence-corrected chi connectivity index (χ4v) is 13.1. The van der Waals surface area contributed by atoms with Crippen molar-refractivity contribution < 1.29 is 80.2 Å². The zero-order valence-corrected chi connectivity index (χ0v) is 64.1. The summed E-state index contributed by atoms with van der Waals surface area (Å²) in [5.41, 5.74) is 0. The lowest BCUT2D eigenvalue weighted by Gasteiger charge is -2.21. The lowest BCUT2D eigenvalue weighted by molar-refractivity contribution is -0.161. The standard InChI is InChI=1S/C76H148O17P2/c1-9-69(8)55-47-39-31-22-14-12-10-11-13-15-23-32-40-48-56-73(78)86-62-71(92-75(80)58-50-42-34-24-18-16-20-28-36-44-52-66(2)3)64-90-94(82,83)88-60-70(77)61-89-95(84,85)91-65-72(63-87-74(79)57-49-41-33-27-26-30-38-46-54-68(6)7)93-76(81)59-51-43-35-25-19-17-21-29-37-45-53-67(4)5/h66-72,77H,9-65H2,1-8H3,(H,82,83)(H,84,85)/t69?,70?,71-,72-/m1/s1. The van der Waals surface area contributed by atoms with Gasteiger partial charge in [-0.1, -0.05) is 331 Å². The summed E-state index contributed by atoms with van der Waals surface area (Å²) in [6, 6.07) is 0. The molecule has 0 radical (unpaired) electrons. The second kappa shape index (κ2) is 65.4. The summed E-state index contributed by atoms with van der Waals surface area (Å²) in [5.74, 6) is 0.959. The fraction of sp³-hybridized carbons (Fsp3) is 0.947. The minimum Gasteiger partial charge on any atom is -0.462 e. The number of hydrogen-bond donors (Lipinski definition) is 3. The first-order chi connectivity index (χ1) is 45.6. The van der Waals surface area contributed by atoms with Gasteiger partial charge in [0.25, 0.3) is 0 Å². The molecule has 6 atom stereocenters. The Morgan fingerprint density at radius 3 is 0.747 bits per heavy atom. The molecule has 0 aromatic heterocycles. The van der Waals surface area contributed by atoms with Gasteiger partial charge in [-0.2, -0.15) is 0 Å². The molecule has 0 bridgehead atoms. The highest BCUT2D eigenvalue weighted by Crippen LogP contribution is 2.45. The Balaban J connectivity index is 5.24. The van der Waals surface area contributed by atoms with E-state index in [4.69, 9.17) is 37.0 Å². The van der Waals surface area contributed by atoms with Crippen LogP contribution in [-0.4, -0.2) is 96.7 Å². The van der Waals surface area contributed by atoms with Gasteiger partial charge in [0.05, 0.1) is 26.4 Å². The fourth-order valence-electron chi connectivity index (χ4n) is 11.5. The van der Waals surface area contributed by atoms with E-state index < -0.39 is 97.5 Å². The van der Waals surface area contributed by atoms with E-state index in [1.165, 1.54) is 186 Å². The molecule has 95 heavy (non-hydrogen) atoms. The SMILES string of the molecule is CCC(C)CCCCCCCCCCCCCCCCC(=O)OC[C@H](COP(=O)(O)OCC(O)COP(=O)(O)OC[C@@H](COC(=O)CCCCCCCCCCC(C)C)OC(=O)CCCCCCCCCCCCC(C)C)OC(=O)CCCCCCCCCCCCC(C)C. The Morgan fingerprint density at radius 1 is 0.295 bits per heavy atom. The predicted molar refractivity (Wildman–Crippen MR) is 386 cm³/mol. The Bertz CT molecular complexity index is 1870. The van der Waals surface area contributed by atoms with Crippen LogP contribution in [0.5, 0.6) is 0 Å². The Morgan fingerprint density at radius 2 is 0.505 bits per heavy atom. The quantitative estimate of drug-likeness (QED) is 0.0222. The van der Waals surface area contributed by atoms with E-state index in [0.29, 0.717) is 25.7 Å². The van der Waals surface area contributed by atoms with E-state index in [0.717, 1.165) is 114 Å². The molecule has 0 spiro atoms. The second-order valence-corrected chi connectivity index (χ2v) is 32.0. The number of aliphatic hydroxyl groups excluding tert-OH is 1. The largest absolute Gasteiger partial charge is 0.472 e. The van der Waals surface area contributed by atoms with Crippen LogP contribution >= 0.6 is 15.6 Å². The Hall–Kier alpha value is -1.94. The van der Waals surface area contributed by atoms with Crippen LogP contribution in [0, 0.1) is 23.7 Å². The zero-order valence-electron chi connectivity index (χ0n) is 62.3. The molecule has 0 rings (SSSR count). The van der Waals surface area contributed by atoms with Gasteiger partial charge in [0.15, 0.2) is 12.2 Å². The minimum atomic E-state index is -4.96. The van der Waals surface area contributed by atoms with Gasteiger partial charge in [-0.15, -0.1) is 0 Å². The van der Waals surface area contributed by atoms with Crippen molar-refractivity contribution in [1.29, 1.82) is 0 Å². The molecular formula is C76H148O17P2. The maximum Gasteiger partial charge on any atom is 0.472 e. The van der Waals surface area contributed by atoms with E-state index in [9.17, 15) is 43.2 Å². The normalized spacial score (nSPS) is 14.4. The van der Waals surface area contributed by atoms with E-state index in [1.807, 2.05) is 0 Å². The maximum absolute atomic E-state index is 13.1. The van der Waals surface area contributed by atoms with Crippen LogP contribution in [0.3, 0.4) is 0 Å². The van der Waals surface area contributed by atoms with Crippen molar-refractivity contribution in [1.82, 2.24) is 0 Å². The molecular weight excluding hydrogens is 1250 g/mol. The first-order valence-electron chi connectivity index (χ1n) is 39.2. The zero-order chi connectivity index (χ0) is 70.3. The van der Waals surface area contributed by atoms with Gasteiger partial charge in [-0.05, 0) is 49.4 Å². The van der Waals surface area contributed by atoms with Crippen molar-refractivity contribution in [3.63, 3.8) is 0 Å². The van der Waals surface area contributed by atoms with Gasteiger partial charge in [0.1, 0.15) is 19.3 Å². The van der Waals surface area contributed by atoms with Gasteiger partial charge < -0.3 is 33.8 Å². The van der Waals surface area contributed by atoms with E-state index in [1.54, 1.807) is 0 Å². The van der Waals surface area contributed by atoms with Gasteiger partial charge >= 0.3 is 39.5 Å². The average molecular weight is 1400 g/mol. The third-order valence-electron chi connectivity index (χ3n) is 17.9. The topological polar surface area (TPSA) is 237 Å². The molecule has 0 aromatic carbocycles. The first kappa shape index (κ1) is 93.1. The van der Waals surface area contributed by atoms with Crippen molar-refractivity contribution in [3.8, 4) is 0 Å². The summed E-state index contributed by atoms with van der Waals surface area (Å²) < 4.78 is 68.5. The smallest absolute Gasteiger partial charge is 0.462 e. The number of carbonyl (C=O) groups excluding carboxylic acids is 4. The highest BCUT2D eigenvalue weighted by Gasteiger charge is 2.30. The summed E-state index contributed by atoms with van der Waals surface area (Å²) in [6.45, 7) is 14.2. The van der Waals surface area contributed by atoms with Crippen LogP contribution in [-0.2, 0) is 65.4 Å². The molecule has 19 heteroatoms. The van der Waals surface area contributed by atoms with E-state index >= 15 is 0 Å². The molecule has 564 valence electrons. The highest BCUT2D eigenvalue weighted by atomic mass is 31.2. The number of esters is 4. The van der Waals surface area contributed by atoms with Gasteiger partial charge in [0.2, 0.25) is 0 Å². The van der Waals surface area contributed by atoms with Crippen molar-refractivity contribution in [2.45, 2.75) is 401 Å². The van der Waals surface area contributed by atoms with E-state index in [-0.39, 0.29) is 25.7 Å². The number of aliphatic hydroxyl groups is 1. The van der Waals surface area contributed by atoms with Crippen molar-refractivity contribution >= 4 is 39.5 Å². The Labute approximate surface area is 581 Å². The van der Waals surface area contributed by atoms with Crippen LogP contribution in [0.4, 0.5) is 0 Å². The molecule has 0 amide bonds. The first-order valence-corrected chi connectivity index (χ1v) is 42.2. The van der Waals surface area contributed by atoms with E-state index in [2.05, 4.69) is 55.4 Å². The molecule has 0 saturated carbocycles. The van der Waals surface area contributed by atoms with Crippen LogP contribution in [0.2, 0.25) is 0 Å². The van der Waals surface area contributed by atoms with Crippen LogP contribution < -0.4 is 0 Å². The predicted octanol–water partition coefficient (Wildman–Crippen LogP) is 22.0. The third kappa shape index (κ3) is 69.0. The van der Waals surface area contributed by atoms with Gasteiger partial charge in [-0.3, -0.25) is 37.3 Å². The number of rotatable bonds is 73. The summed E-state index contributed by atoms with van der Waals surface area (Å²) >= 11 is 0. The lowest BCUT2D eigenvalue weighted by atomic mass is 9.99. The maximum atomic E-state index is 13.1. The van der Waals surface area contributed by atoms with Crippen LogP contribution in [0.25, 0.3) is 0 Å². The molecule has 0 heterocycles. The van der Waals surface area contributed by atoms with Crippen molar-refractivity contribution in [2.75, 3.05) is 39.6 Å². The molecule has 0 aromatic rings. The summed E-state index contributed by atoms with van der Waals surface area (Å²) in [4.78, 5) is 72.8. The highest BCUT2D eigenvalue weighted by molar-refractivity contribution is 7.47. The monoisotopic (exact) mass is 1400 g/mol.